The Bertz CT molecular complexity index is 812. The molecule has 0 heterocycles. The number of hydrazine groups is 1. The summed E-state index contributed by atoms with van der Waals surface area (Å²) < 4.78 is 6.32. The van der Waals surface area contributed by atoms with Gasteiger partial charge in [0.1, 0.15) is 5.75 Å². The van der Waals surface area contributed by atoms with Crippen LogP contribution in [0.15, 0.2) is 53.0 Å². The molecule has 0 bridgehead atoms. The molecule has 0 radical (unpaired) electrons. The fraction of sp³-hybridized carbons (Fsp3) is 0.211. The molecule has 0 unspecified atom stereocenters. The van der Waals surface area contributed by atoms with Crippen molar-refractivity contribution in [3.63, 3.8) is 0 Å². The van der Waals surface area contributed by atoms with Gasteiger partial charge < -0.3 is 10.1 Å². The number of hydrogen-bond donors (Lipinski definition) is 3. The minimum absolute atomic E-state index is 0.00514. The van der Waals surface area contributed by atoms with Crippen molar-refractivity contribution in [1.82, 2.24) is 10.9 Å². The second-order valence-electron chi connectivity index (χ2n) is 5.71. The summed E-state index contributed by atoms with van der Waals surface area (Å²) in [4.78, 5) is 35.2. The van der Waals surface area contributed by atoms with E-state index in [0.29, 0.717) is 11.4 Å². The number of amides is 3. The quantitative estimate of drug-likeness (QED) is 0.584. The molecule has 142 valence electrons. The molecule has 0 spiro atoms. The van der Waals surface area contributed by atoms with Gasteiger partial charge in [0.2, 0.25) is 11.8 Å². The fourth-order valence-electron chi connectivity index (χ4n) is 2.13. The van der Waals surface area contributed by atoms with Crippen LogP contribution in [0.5, 0.6) is 5.75 Å². The molecule has 0 fully saturated rings. The first-order valence-corrected chi connectivity index (χ1v) is 9.05. The van der Waals surface area contributed by atoms with Gasteiger partial charge in [-0.15, -0.1) is 0 Å². The van der Waals surface area contributed by atoms with E-state index in [0.717, 1.165) is 10.0 Å². The average Bonchev–Trinajstić information content (AvgIpc) is 2.65. The molecule has 0 aliphatic rings. The van der Waals surface area contributed by atoms with E-state index in [-0.39, 0.29) is 25.4 Å². The topological polar surface area (TPSA) is 96.5 Å². The number of ether oxygens (including phenoxy) is 1. The monoisotopic (exact) mass is 433 g/mol. The molecule has 2 rings (SSSR count). The normalized spacial score (nSPS) is 10.0. The van der Waals surface area contributed by atoms with Gasteiger partial charge in [0.25, 0.3) is 5.91 Å². The van der Waals surface area contributed by atoms with Crippen LogP contribution in [0.4, 0.5) is 5.69 Å². The van der Waals surface area contributed by atoms with Crippen LogP contribution < -0.4 is 20.9 Å². The van der Waals surface area contributed by atoms with Gasteiger partial charge in [-0.2, -0.15) is 0 Å². The zero-order chi connectivity index (χ0) is 19.6. The summed E-state index contributed by atoms with van der Waals surface area (Å²) in [5.41, 5.74) is 6.05. The molecule has 2 aromatic carbocycles. The van der Waals surface area contributed by atoms with Crippen molar-refractivity contribution in [3.05, 3.63) is 58.6 Å². The Morgan fingerprint density at radius 3 is 2.30 bits per heavy atom. The van der Waals surface area contributed by atoms with Gasteiger partial charge in [-0.3, -0.25) is 25.2 Å². The van der Waals surface area contributed by atoms with E-state index >= 15 is 0 Å². The fourth-order valence-corrected chi connectivity index (χ4v) is 2.60. The van der Waals surface area contributed by atoms with E-state index in [1.807, 2.05) is 25.1 Å². The van der Waals surface area contributed by atoms with Gasteiger partial charge >= 0.3 is 0 Å². The van der Waals surface area contributed by atoms with E-state index in [1.165, 1.54) is 0 Å². The second kappa shape index (κ2) is 10.3. The summed E-state index contributed by atoms with van der Waals surface area (Å²) in [5.74, 6) is -0.667. The minimum Gasteiger partial charge on any atom is -0.483 e. The van der Waals surface area contributed by atoms with Crippen LogP contribution in [0, 0.1) is 6.92 Å². The van der Waals surface area contributed by atoms with Crippen molar-refractivity contribution in [1.29, 1.82) is 0 Å². The molecule has 0 aromatic heterocycles. The zero-order valence-corrected chi connectivity index (χ0v) is 16.3. The first-order chi connectivity index (χ1) is 12.9. The maximum absolute atomic E-state index is 11.8. The van der Waals surface area contributed by atoms with Gasteiger partial charge in [-0.25, -0.2) is 0 Å². The van der Waals surface area contributed by atoms with Gasteiger partial charge in [-0.1, -0.05) is 34.1 Å². The highest BCUT2D eigenvalue weighted by molar-refractivity contribution is 9.10. The molecule has 27 heavy (non-hydrogen) atoms. The first-order valence-electron chi connectivity index (χ1n) is 8.25. The average molecular weight is 434 g/mol. The number of nitrogens with one attached hydrogen (secondary N) is 3. The van der Waals surface area contributed by atoms with E-state index < -0.39 is 11.8 Å². The van der Waals surface area contributed by atoms with Crippen molar-refractivity contribution in [2.75, 3.05) is 11.9 Å². The molecule has 3 N–H and O–H groups in total. The summed E-state index contributed by atoms with van der Waals surface area (Å²) in [6.45, 7) is 1.62. The number of aryl methyl sites for hydroxylation is 1. The van der Waals surface area contributed by atoms with Crippen molar-refractivity contribution < 1.29 is 19.1 Å². The largest absolute Gasteiger partial charge is 0.483 e. The molecule has 0 atom stereocenters. The van der Waals surface area contributed by atoms with Crippen molar-refractivity contribution >= 4 is 39.3 Å². The van der Waals surface area contributed by atoms with Crippen LogP contribution in [0.1, 0.15) is 18.4 Å². The number of carbonyl (C=O) groups is 3. The lowest BCUT2D eigenvalue weighted by atomic mass is 10.2. The van der Waals surface area contributed by atoms with Crippen LogP contribution in [0.2, 0.25) is 0 Å². The molecular formula is C19H20BrN3O4. The van der Waals surface area contributed by atoms with Crippen LogP contribution >= 0.6 is 15.9 Å². The van der Waals surface area contributed by atoms with E-state index in [2.05, 4.69) is 32.1 Å². The highest BCUT2D eigenvalue weighted by Crippen LogP contribution is 2.21. The minimum atomic E-state index is -0.501. The Morgan fingerprint density at radius 2 is 1.59 bits per heavy atom. The highest BCUT2D eigenvalue weighted by atomic mass is 79.9. The summed E-state index contributed by atoms with van der Waals surface area (Å²) in [6, 6.07) is 14.4. The Morgan fingerprint density at radius 1 is 0.926 bits per heavy atom. The van der Waals surface area contributed by atoms with Gasteiger partial charge in [0, 0.05) is 23.0 Å². The lowest BCUT2D eigenvalue weighted by Gasteiger charge is -2.10. The lowest BCUT2D eigenvalue weighted by Crippen LogP contribution is -2.44. The number of benzene rings is 2. The zero-order valence-electron chi connectivity index (χ0n) is 14.8. The van der Waals surface area contributed by atoms with Gasteiger partial charge in [0.05, 0.1) is 0 Å². The summed E-state index contributed by atoms with van der Waals surface area (Å²) in [6.07, 6.45) is -0.0448. The second-order valence-corrected chi connectivity index (χ2v) is 6.62. The number of rotatable bonds is 7. The SMILES string of the molecule is Cc1cc(Br)ccc1OCC(=O)NNC(=O)CCC(=O)Nc1ccccc1. The highest BCUT2D eigenvalue weighted by Gasteiger charge is 2.09. The van der Waals surface area contributed by atoms with Crippen molar-refractivity contribution in [2.45, 2.75) is 19.8 Å². The molecule has 2 aromatic rings. The maximum Gasteiger partial charge on any atom is 0.276 e. The third kappa shape index (κ3) is 7.49. The predicted octanol–water partition coefficient (Wildman–Crippen LogP) is 2.70. The smallest absolute Gasteiger partial charge is 0.276 e. The maximum atomic E-state index is 11.8. The van der Waals surface area contributed by atoms with Crippen LogP contribution in [-0.2, 0) is 14.4 Å². The van der Waals surface area contributed by atoms with Crippen LogP contribution in [-0.4, -0.2) is 24.3 Å². The third-order valence-corrected chi connectivity index (χ3v) is 3.97. The Kier molecular flexibility index (Phi) is 7.81. The van der Waals surface area contributed by atoms with E-state index in [1.54, 1.807) is 30.3 Å². The van der Waals surface area contributed by atoms with Crippen LogP contribution in [0.3, 0.4) is 0 Å². The molecular weight excluding hydrogens is 414 g/mol. The van der Waals surface area contributed by atoms with E-state index in [9.17, 15) is 14.4 Å². The Balaban J connectivity index is 1.64. The molecule has 8 heteroatoms. The number of anilines is 1. The summed E-state index contributed by atoms with van der Waals surface area (Å²) >= 11 is 3.35. The van der Waals surface area contributed by atoms with E-state index in [4.69, 9.17) is 4.74 Å². The van der Waals surface area contributed by atoms with Crippen molar-refractivity contribution in [2.24, 2.45) is 0 Å². The third-order valence-electron chi connectivity index (χ3n) is 3.47. The lowest BCUT2D eigenvalue weighted by molar-refractivity contribution is -0.130. The summed E-state index contributed by atoms with van der Waals surface area (Å²) in [5, 5.41) is 2.68. The molecule has 0 aliphatic carbocycles. The van der Waals surface area contributed by atoms with Gasteiger partial charge in [-0.05, 0) is 42.8 Å². The number of para-hydroxylation sites is 1. The standard InChI is InChI=1S/C19H20BrN3O4/c1-13-11-14(20)7-8-16(13)27-12-19(26)23-22-18(25)10-9-17(24)21-15-5-3-2-4-6-15/h2-8,11H,9-10,12H2,1H3,(H,21,24)(H,22,25)(H,23,26). The molecule has 0 saturated heterocycles. The molecule has 0 aliphatic heterocycles. The Labute approximate surface area is 165 Å². The predicted molar refractivity (Wildman–Crippen MR) is 105 cm³/mol. The number of hydrogen-bond acceptors (Lipinski definition) is 4. The first kappa shape index (κ1) is 20.4. The van der Waals surface area contributed by atoms with Gasteiger partial charge in [0.15, 0.2) is 6.61 Å². The van der Waals surface area contributed by atoms with Crippen molar-refractivity contribution in [3.8, 4) is 5.75 Å². The molecule has 3 amide bonds. The Hall–Kier alpha value is -2.87. The summed E-state index contributed by atoms with van der Waals surface area (Å²) in [7, 11) is 0. The molecule has 0 saturated carbocycles. The number of carbonyl (C=O) groups excluding carboxylic acids is 3. The number of halogens is 1. The molecule has 7 nitrogen and oxygen atoms in total. The van der Waals surface area contributed by atoms with Crippen LogP contribution in [0.25, 0.3) is 0 Å².